The highest BCUT2D eigenvalue weighted by Gasteiger charge is 2.21. The van der Waals surface area contributed by atoms with Crippen molar-refractivity contribution in [1.29, 1.82) is 0 Å². The Morgan fingerprint density at radius 3 is 1.70 bits per heavy atom. The van der Waals surface area contributed by atoms with Crippen molar-refractivity contribution in [3.05, 3.63) is 200 Å². The number of nitrogens with zero attached hydrogens (tertiary/aromatic N) is 5. The predicted octanol–water partition coefficient (Wildman–Crippen LogP) is 14.5. The molecule has 13 rings (SSSR count). The van der Waals surface area contributed by atoms with E-state index in [1.165, 1.54) is 0 Å². The molecule has 0 saturated heterocycles. The summed E-state index contributed by atoms with van der Waals surface area (Å²) < 4.78 is 15.4. The Hall–Kier alpha value is -8.68. The minimum atomic E-state index is 0.565. The van der Waals surface area contributed by atoms with Gasteiger partial charge in [-0.05, 0) is 101 Å². The van der Waals surface area contributed by atoms with E-state index in [4.69, 9.17) is 28.8 Å². The molecule has 0 spiro atoms. The zero-order valence-electron chi connectivity index (χ0n) is 33.6. The molecule has 0 N–H and O–H groups in total. The van der Waals surface area contributed by atoms with Gasteiger partial charge in [-0.2, -0.15) is 0 Å². The van der Waals surface area contributed by atoms with Crippen LogP contribution in [0, 0.1) is 0 Å². The molecule has 0 unspecified atom stereocenters. The second-order valence-electron chi connectivity index (χ2n) is 15.8. The summed E-state index contributed by atoms with van der Waals surface area (Å²) in [6, 6.07) is 68.8. The van der Waals surface area contributed by atoms with E-state index in [0.29, 0.717) is 28.9 Å². The van der Waals surface area contributed by atoms with Crippen LogP contribution in [0.1, 0.15) is 0 Å². The highest BCUT2D eigenvalue weighted by Crippen LogP contribution is 2.42. The van der Waals surface area contributed by atoms with E-state index in [0.717, 1.165) is 99.1 Å². The topological polar surface area (TPSA) is 82.8 Å². The van der Waals surface area contributed by atoms with Gasteiger partial charge in [0.1, 0.15) is 16.7 Å². The average Bonchev–Trinajstić information content (AvgIpc) is 4.07. The van der Waals surface area contributed by atoms with Crippen LogP contribution in [0.15, 0.2) is 209 Å². The van der Waals surface area contributed by atoms with Crippen LogP contribution in [-0.2, 0) is 0 Å². The van der Waals surface area contributed by atoms with Gasteiger partial charge < -0.3 is 13.4 Å². The number of hydrogen-bond acceptors (Lipinski definition) is 6. The maximum atomic E-state index is 6.55. The Labute approximate surface area is 360 Å². The molecule has 0 atom stereocenters. The third kappa shape index (κ3) is 5.75. The molecule has 0 fully saturated rings. The first-order chi connectivity index (χ1) is 31.2. The van der Waals surface area contributed by atoms with Crippen LogP contribution in [0.2, 0.25) is 0 Å². The molecule has 4 heterocycles. The molecule has 0 aliphatic rings. The van der Waals surface area contributed by atoms with Gasteiger partial charge in [-0.1, -0.05) is 121 Å². The Balaban J connectivity index is 1.03. The van der Waals surface area contributed by atoms with Crippen molar-refractivity contribution in [1.82, 2.24) is 24.5 Å². The van der Waals surface area contributed by atoms with E-state index >= 15 is 0 Å². The molecular formula is C56H33N5O2. The fourth-order valence-corrected chi connectivity index (χ4v) is 9.10. The number of oxazole rings is 1. The van der Waals surface area contributed by atoms with Gasteiger partial charge in [0, 0.05) is 44.1 Å². The van der Waals surface area contributed by atoms with Crippen molar-refractivity contribution in [2.24, 2.45) is 0 Å². The molecule has 7 nitrogen and oxygen atoms in total. The van der Waals surface area contributed by atoms with E-state index in [2.05, 4.69) is 144 Å². The zero-order valence-corrected chi connectivity index (χ0v) is 33.6. The van der Waals surface area contributed by atoms with Crippen LogP contribution in [0.25, 0.3) is 128 Å². The molecule has 0 amide bonds. The lowest BCUT2D eigenvalue weighted by molar-refractivity contribution is 0.622. The van der Waals surface area contributed by atoms with Crippen LogP contribution in [0.5, 0.6) is 0 Å². The van der Waals surface area contributed by atoms with Gasteiger partial charge in [-0.25, -0.2) is 19.9 Å². The minimum Gasteiger partial charge on any atom is -0.456 e. The molecule has 0 bridgehead atoms. The van der Waals surface area contributed by atoms with Crippen molar-refractivity contribution in [2.75, 3.05) is 0 Å². The van der Waals surface area contributed by atoms with E-state index in [1.54, 1.807) is 0 Å². The van der Waals surface area contributed by atoms with Crippen LogP contribution >= 0.6 is 0 Å². The fourth-order valence-electron chi connectivity index (χ4n) is 9.10. The third-order valence-electron chi connectivity index (χ3n) is 12.1. The lowest BCUT2D eigenvalue weighted by atomic mass is 10.0. The van der Waals surface area contributed by atoms with E-state index in [1.807, 2.05) is 60.7 Å². The smallest absolute Gasteiger partial charge is 0.227 e. The summed E-state index contributed by atoms with van der Waals surface area (Å²) in [6.07, 6.45) is 0. The van der Waals surface area contributed by atoms with Crippen LogP contribution in [-0.4, -0.2) is 24.5 Å². The first-order valence-electron chi connectivity index (χ1n) is 21.0. The van der Waals surface area contributed by atoms with Crippen molar-refractivity contribution >= 4 is 65.6 Å². The molecule has 7 heteroatoms. The van der Waals surface area contributed by atoms with Crippen molar-refractivity contribution in [3.8, 4) is 62.4 Å². The molecule has 4 aromatic heterocycles. The molecule has 0 saturated carbocycles. The van der Waals surface area contributed by atoms with Gasteiger partial charge in [0.25, 0.3) is 0 Å². The van der Waals surface area contributed by atoms with Gasteiger partial charge >= 0.3 is 0 Å². The van der Waals surface area contributed by atoms with E-state index < -0.39 is 0 Å². The van der Waals surface area contributed by atoms with Gasteiger partial charge in [0.05, 0.1) is 16.4 Å². The minimum absolute atomic E-state index is 0.565. The molecule has 63 heavy (non-hydrogen) atoms. The van der Waals surface area contributed by atoms with E-state index in [-0.39, 0.29) is 0 Å². The fraction of sp³-hybridized carbons (Fsp3) is 0. The number of rotatable bonds is 6. The molecule has 0 radical (unpaired) electrons. The Morgan fingerprint density at radius 1 is 0.349 bits per heavy atom. The highest BCUT2D eigenvalue weighted by molar-refractivity contribution is 6.25. The molecule has 0 aliphatic heterocycles. The lowest BCUT2D eigenvalue weighted by Gasteiger charge is -2.11. The summed E-state index contributed by atoms with van der Waals surface area (Å²) in [4.78, 5) is 20.6. The third-order valence-corrected chi connectivity index (χ3v) is 12.1. The monoisotopic (exact) mass is 807 g/mol. The van der Waals surface area contributed by atoms with Crippen LogP contribution in [0.3, 0.4) is 0 Å². The van der Waals surface area contributed by atoms with Crippen molar-refractivity contribution in [3.63, 3.8) is 0 Å². The largest absolute Gasteiger partial charge is 0.456 e. The van der Waals surface area contributed by atoms with Crippen molar-refractivity contribution < 1.29 is 8.83 Å². The summed E-state index contributed by atoms with van der Waals surface area (Å²) in [6.45, 7) is 0. The maximum Gasteiger partial charge on any atom is 0.227 e. The average molecular weight is 808 g/mol. The van der Waals surface area contributed by atoms with Crippen LogP contribution < -0.4 is 0 Å². The molecular weight excluding hydrogens is 775 g/mol. The Bertz CT molecular complexity index is 3910. The summed E-state index contributed by atoms with van der Waals surface area (Å²) >= 11 is 0. The van der Waals surface area contributed by atoms with Crippen molar-refractivity contribution in [2.45, 2.75) is 0 Å². The highest BCUT2D eigenvalue weighted by atomic mass is 16.4. The second-order valence-corrected chi connectivity index (χ2v) is 15.8. The zero-order chi connectivity index (χ0) is 41.4. The Kier molecular flexibility index (Phi) is 7.77. The maximum absolute atomic E-state index is 6.55. The number of fused-ring (bicyclic) bond motifs is 10. The van der Waals surface area contributed by atoms with Gasteiger partial charge in [-0.15, -0.1) is 0 Å². The van der Waals surface area contributed by atoms with E-state index in [9.17, 15) is 0 Å². The summed E-state index contributed by atoms with van der Waals surface area (Å²) in [5.74, 6) is 2.30. The van der Waals surface area contributed by atoms with Gasteiger partial charge in [0.2, 0.25) is 5.89 Å². The molecule has 0 aliphatic carbocycles. The number of benzene rings is 9. The summed E-state index contributed by atoms with van der Waals surface area (Å²) in [5.41, 5.74) is 12.1. The first-order valence-corrected chi connectivity index (χ1v) is 21.0. The SMILES string of the molecule is c1ccc(-c2cccc(-c3nc(-c4ccc5ccc6oc7ccc8nc(-c9ccccc9)oc8c7c6c5c4)nc(-c4ccc5c(c4)c4ccccc4n5-c4ccccc4)n3)c2)cc1. The second kappa shape index (κ2) is 13.9. The number of para-hydroxylation sites is 2. The number of hydrogen-bond donors (Lipinski definition) is 0. The molecule has 9 aromatic carbocycles. The number of furan rings is 1. The lowest BCUT2D eigenvalue weighted by Crippen LogP contribution is -2.00. The van der Waals surface area contributed by atoms with Gasteiger partial charge in [-0.3, -0.25) is 0 Å². The van der Waals surface area contributed by atoms with Gasteiger partial charge in [0.15, 0.2) is 23.1 Å². The molecule has 294 valence electrons. The predicted molar refractivity (Wildman–Crippen MR) is 254 cm³/mol. The summed E-state index contributed by atoms with van der Waals surface area (Å²) in [7, 11) is 0. The quantitative estimate of drug-likeness (QED) is 0.166. The normalized spacial score (nSPS) is 11.8. The summed E-state index contributed by atoms with van der Waals surface area (Å²) in [5, 5.41) is 6.17. The Morgan fingerprint density at radius 2 is 0.921 bits per heavy atom. The first kappa shape index (κ1) is 35.1. The molecule has 13 aromatic rings. The number of aromatic nitrogens is 5. The van der Waals surface area contributed by atoms with Crippen LogP contribution in [0.4, 0.5) is 0 Å². The standard InChI is InChI=1S/C56H33N5O2/c1-4-13-34(14-5-1)37-17-12-18-38(31-37)53-58-54(60-55(59-53)40-25-28-47-44(33-40)42-21-10-11-22-46(42)61(47)41-19-8-3-9-20-41)39-24-23-35-26-29-48-50(43(35)32-39)51-49(62-48)30-27-45-52(51)63-56(57-45)36-15-6-2-7-16-36/h1-33H.